The predicted molar refractivity (Wildman–Crippen MR) is 138 cm³/mol. The van der Waals surface area contributed by atoms with Crippen LogP contribution in [0.15, 0.2) is 11.6 Å². The van der Waals surface area contributed by atoms with Gasteiger partial charge in [0.15, 0.2) is 0 Å². The van der Waals surface area contributed by atoms with E-state index in [4.69, 9.17) is 4.74 Å². The molecule has 0 spiro atoms. The summed E-state index contributed by atoms with van der Waals surface area (Å²) in [5.41, 5.74) is 0.348. The maximum atomic E-state index is 11.9. The fraction of sp³-hybridized carbons (Fsp3) is 0.897. The number of hydrogen-bond donors (Lipinski definition) is 1. The molecule has 0 bridgehead atoms. The molecule has 0 aromatic heterocycles. The van der Waals surface area contributed by atoms with E-state index in [-0.39, 0.29) is 23.9 Å². The van der Waals surface area contributed by atoms with Crippen LogP contribution in [0.1, 0.15) is 91.9 Å². The highest BCUT2D eigenvalue weighted by atomic mass is 16.5. The minimum Gasteiger partial charge on any atom is -0.458 e. The Kier molecular flexibility index (Phi) is 8.80. The number of aliphatic hydroxyl groups is 1. The van der Waals surface area contributed by atoms with Crippen molar-refractivity contribution in [2.75, 3.05) is 32.7 Å². The highest BCUT2D eigenvalue weighted by molar-refractivity contribution is 5.66. The molecule has 0 radical (unpaired) electrons. The van der Waals surface area contributed by atoms with Crippen LogP contribution in [0.2, 0.25) is 0 Å². The Hall–Kier alpha value is -0.910. The number of piperidine rings is 2. The number of rotatable bonds is 7. The van der Waals surface area contributed by atoms with Gasteiger partial charge in [-0.05, 0) is 101 Å². The maximum absolute atomic E-state index is 11.9. The molecular weight excluding hydrogens is 424 g/mol. The largest absolute Gasteiger partial charge is 0.458 e. The Morgan fingerprint density at radius 2 is 1.88 bits per heavy atom. The van der Waals surface area contributed by atoms with Crippen molar-refractivity contribution in [3.05, 3.63) is 11.6 Å². The van der Waals surface area contributed by atoms with Crippen LogP contribution in [-0.2, 0) is 9.53 Å². The first kappa shape index (κ1) is 26.2. The maximum Gasteiger partial charge on any atom is 0.303 e. The number of carbonyl (C=O) groups is 1. The van der Waals surface area contributed by atoms with Gasteiger partial charge < -0.3 is 19.6 Å². The molecule has 5 nitrogen and oxygen atoms in total. The van der Waals surface area contributed by atoms with E-state index < -0.39 is 5.60 Å². The van der Waals surface area contributed by atoms with Crippen molar-refractivity contribution in [1.29, 1.82) is 0 Å². The third-order valence-corrected chi connectivity index (χ3v) is 9.83. The van der Waals surface area contributed by atoms with E-state index in [1.54, 1.807) is 0 Å². The minimum atomic E-state index is -0.771. The first-order chi connectivity index (χ1) is 16.3. The Balaban J connectivity index is 1.42. The fourth-order valence-corrected chi connectivity index (χ4v) is 7.65. The van der Waals surface area contributed by atoms with Crippen LogP contribution < -0.4 is 0 Å². The van der Waals surface area contributed by atoms with Crippen LogP contribution in [0.4, 0.5) is 0 Å². The molecule has 0 aromatic rings. The average molecular weight is 475 g/mol. The van der Waals surface area contributed by atoms with Crippen LogP contribution in [0.25, 0.3) is 0 Å². The standard InChI is InChI=1S/C29H50N2O3/c1-21-18-27-26(12-11-23(3)29(27,33)19-28(21)34-24(4)32)22(2)20-31-16-9-6-10-25(31)13-17-30-14-7-5-8-15-30/h18,22-23,25-28,33H,5-17,19-20H2,1-4H3/t22-,23-,25?,26+,27-,28-,29-/m1/s1. The Morgan fingerprint density at radius 1 is 1.15 bits per heavy atom. The van der Waals surface area contributed by atoms with Gasteiger partial charge in [0, 0.05) is 31.8 Å². The molecular formula is C29H50N2O3. The molecule has 2 saturated heterocycles. The molecule has 4 rings (SSSR count). The number of fused-ring (bicyclic) bond motifs is 1. The third-order valence-electron chi connectivity index (χ3n) is 9.83. The molecule has 34 heavy (non-hydrogen) atoms. The average Bonchev–Trinajstić information content (AvgIpc) is 2.81. The Bertz CT molecular complexity index is 718. The molecule has 194 valence electrons. The number of likely N-dealkylation sites (tertiary alicyclic amines) is 2. The van der Waals surface area contributed by atoms with E-state index in [0.717, 1.165) is 24.6 Å². The number of hydrogen-bond acceptors (Lipinski definition) is 5. The number of ether oxygens (including phenoxy) is 1. The van der Waals surface area contributed by atoms with Crippen molar-refractivity contribution in [3.8, 4) is 0 Å². The number of carbonyl (C=O) groups excluding carboxylic acids is 1. The molecule has 0 amide bonds. The van der Waals surface area contributed by atoms with E-state index in [1.165, 1.54) is 84.5 Å². The summed E-state index contributed by atoms with van der Waals surface area (Å²) in [5.74, 6) is 1.17. The number of nitrogens with zero attached hydrogens (tertiary/aromatic N) is 2. The first-order valence-electron chi connectivity index (χ1n) is 14.3. The van der Waals surface area contributed by atoms with E-state index in [2.05, 4.69) is 36.6 Å². The van der Waals surface area contributed by atoms with E-state index in [0.29, 0.717) is 18.3 Å². The summed E-state index contributed by atoms with van der Waals surface area (Å²) in [6, 6.07) is 0.719. The Morgan fingerprint density at radius 3 is 2.62 bits per heavy atom. The van der Waals surface area contributed by atoms with Gasteiger partial charge in [-0.15, -0.1) is 0 Å². The molecule has 2 heterocycles. The summed E-state index contributed by atoms with van der Waals surface area (Å²) >= 11 is 0. The zero-order valence-corrected chi connectivity index (χ0v) is 22.3. The van der Waals surface area contributed by atoms with Gasteiger partial charge in [0.1, 0.15) is 6.10 Å². The molecule has 2 aliphatic heterocycles. The van der Waals surface area contributed by atoms with Crippen molar-refractivity contribution < 1.29 is 14.6 Å². The topological polar surface area (TPSA) is 53.0 Å². The lowest BCUT2D eigenvalue weighted by Gasteiger charge is -2.53. The summed E-state index contributed by atoms with van der Waals surface area (Å²) < 4.78 is 5.59. The number of esters is 1. The van der Waals surface area contributed by atoms with Gasteiger partial charge in [0.25, 0.3) is 0 Å². The SMILES string of the molecule is CC(=O)O[C@@H]1C[C@@]2(O)[C@H](C)CC[C@@H]([C@H](C)CN3CCCCC3CCN3CCCCC3)[C@H]2C=C1C. The van der Waals surface area contributed by atoms with Crippen molar-refractivity contribution >= 4 is 5.97 Å². The second kappa shape index (κ2) is 11.4. The van der Waals surface area contributed by atoms with E-state index in [1.807, 2.05) is 0 Å². The van der Waals surface area contributed by atoms with E-state index >= 15 is 0 Å². The lowest BCUT2D eigenvalue weighted by Crippen LogP contribution is -2.56. The Labute approximate surface area is 208 Å². The fourth-order valence-electron chi connectivity index (χ4n) is 7.65. The highest BCUT2D eigenvalue weighted by Crippen LogP contribution is 2.51. The van der Waals surface area contributed by atoms with Gasteiger partial charge in [-0.1, -0.05) is 32.8 Å². The minimum absolute atomic E-state index is 0.162. The molecule has 0 aromatic carbocycles. The molecule has 4 aliphatic rings. The predicted octanol–water partition coefficient (Wildman–Crippen LogP) is 5.03. The van der Waals surface area contributed by atoms with Gasteiger partial charge in [-0.25, -0.2) is 0 Å². The zero-order chi connectivity index (χ0) is 24.3. The smallest absolute Gasteiger partial charge is 0.303 e. The second-order valence-corrected chi connectivity index (χ2v) is 12.2. The molecule has 7 atom stereocenters. The summed E-state index contributed by atoms with van der Waals surface area (Å²) in [6.07, 6.45) is 14.3. The van der Waals surface area contributed by atoms with Crippen molar-refractivity contribution in [2.24, 2.45) is 23.7 Å². The lowest BCUT2D eigenvalue weighted by molar-refractivity contribution is -0.159. The first-order valence-corrected chi connectivity index (χ1v) is 14.3. The highest BCUT2D eigenvalue weighted by Gasteiger charge is 2.52. The van der Waals surface area contributed by atoms with E-state index in [9.17, 15) is 9.90 Å². The van der Waals surface area contributed by atoms with Crippen LogP contribution >= 0.6 is 0 Å². The quantitative estimate of drug-likeness (QED) is 0.414. The molecule has 2 aliphatic carbocycles. The molecule has 5 heteroatoms. The lowest BCUT2D eigenvalue weighted by atomic mass is 9.57. The van der Waals surface area contributed by atoms with Gasteiger partial charge in [-0.3, -0.25) is 4.79 Å². The van der Waals surface area contributed by atoms with Crippen LogP contribution in [-0.4, -0.2) is 71.3 Å². The van der Waals surface area contributed by atoms with Crippen molar-refractivity contribution in [2.45, 2.75) is 110 Å². The third kappa shape index (κ3) is 5.90. The van der Waals surface area contributed by atoms with Gasteiger partial charge in [0.05, 0.1) is 5.60 Å². The van der Waals surface area contributed by atoms with Crippen LogP contribution in [0, 0.1) is 23.7 Å². The van der Waals surface area contributed by atoms with Gasteiger partial charge in [0.2, 0.25) is 0 Å². The van der Waals surface area contributed by atoms with Gasteiger partial charge >= 0.3 is 5.97 Å². The summed E-state index contributed by atoms with van der Waals surface area (Å²) in [6.45, 7) is 14.4. The normalized spacial score (nSPS) is 38.6. The second-order valence-electron chi connectivity index (χ2n) is 12.2. The zero-order valence-electron chi connectivity index (χ0n) is 22.3. The molecule has 1 N–H and O–H groups in total. The van der Waals surface area contributed by atoms with Crippen molar-refractivity contribution in [3.63, 3.8) is 0 Å². The molecule has 1 saturated carbocycles. The van der Waals surface area contributed by atoms with Crippen LogP contribution in [0.3, 0.4) is 0 Å². The summed E-state index contributed by atoms with van der Waals surface area (Å²) in [5, 5.41) is 11.9. The monoisotopic (exact) mass is 474 g/mol. The van der Waals surface area contributed by atoms with Gasteiger partial charge in [-0.2, -0.15) is 0 Å². The summed E-state index contributed by atoms with van der Waals surface area (Å²) in [4.78, 5) is 17.1. The molecule has 3 fully saturated rings. The van der Waals surface area contributed by atoms with Crippen LogP contribution in [0.5, 0.6) is 0 Å². The molecule has 1 unspecified atom stereocenters. The van der Waals surface area contributed by atoms with Crippen molar-refractivity contribution in [1.82, 2.24) is 9.80 Å². The summed E-state index contributed by atoms with van der Waals surface area (Å²) in [7, 11) is 0.